The van der Waals surface area contributed by atoms with E-state index >= 15 is 0 Å². The molecule has 2 atom stereocenters. The average Bonchev–Trinajstić information content (AvgIpc) is 3.08. The predicted molar refractivity (Wildman–Crippen MR) is 84.6 cm³/mol. The Balaban J connectivity index is 1.65. The van der Waals surface area contributed by atoms with E-state index in [-0.39, 0.29) is 0 Å². The number of carbonyl (C=O) groups is 1. The third-order valence-electron chi connectivity index (χ3n) is 4.95. The van der Waals surface area contributed by atoms with Crippen molar-refractivity contribution in [3.63, 3.8) is 0 Å². The van der Waals surface area contributed by atoms with E-state index in [4.69, 9.17) is 0 Å². The van der Waals surface area contributed by atoms with Crippen molar-refractivity contribution < 1.29 is 9.90 Å². The van der Waals surface area contributed by atoms with E-state index in [0.29, 0.717) is 12.1 Å². The van der Waals surface area contributed by atoms with E-state index < -0.39 is 11.5 Å². The topological polar surface area (TPSA) is 55.8 Å². The molecule has 5 heteroatoms. The van der Waals surface area contributed by atoms with Gasteiger partial charge in [0.25, 0.3) is 0 Å². The number of hydrogen-bond donors (Lipinski definition) is 2. The van der Waals surface area contributed by atoms with Crippen molar-refractivity contribution in [3.05, 3.63) is 0 Å². The van der Waals surface area contributed by atoms with Crippen molar-refractivity contribution >= 4 is 5.97 Å². The molecule has 21 heavy (non-hydrogen) atoms. The van der Waals surface area contributed by atoms with Gasteiger partial charge in [-0.15, -0.1) is 0 Å². The van der Waals surface area contributed by atoms with Gasteiger partial charge in [0.1, 0.15) is 5.54 Å². The van der Waals surface area contributed by atoms with Crippen molar-refractivity contribution in [2.24, 2.45) is 0 Å². The molecule has 122 valence electrons. The molecule has 1 saturated heterocycles. The third kappa shape index (κ3) is 4.94. The summed E-state index contributed by atoms with van der Waals surface area (Å²) < 4.78 is 0. The van der Waals surface area contributed by atoms with E-state index in [1.165, 1.54) is 13.0 Å². The fourth-order valence-corrected chi connectivity index (χ4v) is 3.17. The first-order chi connectivity index (χ1) is 9.90. The van der Waals surface area contributed by atoms with E-state index in [1.54, 1.807) is 0 Å². The first kappa shape index (κ1) is 16.7. The van der Waals surface area contributed by atoms with Crippen LogP contribution in [0, 0.1) is 0 Å². The quantitative estimate of drug-likeness (QED) is 0.630. The van der Waals surface area contributed by atoms with Gasteiger partial charge < -0.3 is 14.9 Å². The van der Waals surface area contributed by atoms with Crippen LogP contribution in [0.25, 0.3) is 0 Å². The Morgan fingerprint density at radius 1 is 1.33 bits per heavy atom. The molecule has 2 fully saturated rings. The number of nitrogens with zero attached hydrogens (tertiary/aromatic N) is 2. The van der Waals surface area contributed by atoms with Crippen LogP contribution in [0.5, 0.6) is 0 Å². The van der Waals surface area contributed by atoms with Gasteiger partial charge in [-0.25, -0.2) is 0 Å². The van der Waals surface area contributed by atoms with Crippen LogP contribution in [0.2, 0.25) is 0 Å². The lowest BCUT2D eigenvalue weighted by Gasteiger charge is -2.27. The number of carboxylic acids is 1. The molecule has 0 radical (unpaired) electrons. The van der Waals surface area contributed by atoms with Gasteiger partial charge in [0.15, 0.2) is 0 Å². The van der Waals surface area contributed by atoms with Gasteiger partial charge in [0.2, 0.25) is 0 Å². The summed E-state index contributed by atoms with van der Waals surface area (Å²) in [6.45, 7) is 5.28. The second-order valence-electron chi connectivity index (χ2n) is 7.22. The minimum absolute atomic E-state index is 0.436. The number of rotatable bonds is 9. The zero-order valence-corrected chi connectivity index (χ0v) is 13.8. The summed E-state index contributed by atoms with van der Waals surface area (Å²) in [6.07, 6.45) is 6.30. The molecule has 2 N–H and O–H groups in total. The molecular weight excluding hydrogens is 266 g/mol. The summed E-state index contributed by atoms with van der Waals surface area (Å²) in [6, 6.07) is 1.12. The van der Waals surface area contributed by atoms with Crippen LogP contribution in [0.3, 0.4) is 0 Å². The van der Waals surface area contributed by atoms with Crippen molar-refractivity contribution in [2.45, 2.75) is 63.1 Å². The average molecular weight is 297 g/mol. The summed E-state index contributed by atoms with van der Waals surface area (Å²) >= 11 is 0. The van der Waals surface area contributed by atoms with Gasteiger partial charge in [-0.1, -0.05) is 0 Å². The van der Waals surface area contributed by atoms with E-state index in [9.17, 15) is 9.90 Å². The number of unbranched alkanes of at least 4 members (excludes halogenated alkanes) is 1. The molecule has 5 nitrogen and oxygen atoms in total. The van der Waals surface area contributed by atoms with Crippen molar-refractivity contribution in [2.75, 3.05) is 33.7 Å². The zero-order chi connectivity index (χ0) is 15.5. The highest BCUT2D eigenvalue weighted by molar-refractivity contribution is 5.78. The first-order valence-corrected chi connectivity index (χ1v) is 8.30. The SMILES string of the molecule is CN(C)C1CCN(CCCCC(C)(NC2CC2)C(=O)O)C1. The van der Waals surface area contributed by atoms with Crippen LogP contribution in [0.1, 0.15) is 45.4 Å². The molecule has 2 aliphatic rings. The molecule has 2 rings (SSSR count). The Morgan fingerprint density at radius 2 is 2.05 bits per heavy atom. The molecule has 1 aliphatic carbocycles. The van der Waals surface area contributed by atoms with Crippen molar-refractivity contribution in [1.82, 2.24) is 15.1 Å². The molecule has 2 unspecified atom stereocenters. The molecule has 0 amide bonds. The Hall–Kier alpha value is -0.650. The lowest BCUT2D eigenvalue weighted by atomic mass is 9.94. The van der Waals surface area contributed by atoms with Crippen LogP contribution in [0.15, 0.2) is 0 Å². The number of hydrogen-bond acceptors (Lipinski definition) is 4. The van der Waals surface area contributed by atoms with Gasteiger partial charge in [0, 0.05) is 18.6 Å². The number of carboxylic acid groups (broad SMARTS) is 1. The maximum atomic E-state index is 11.5. The lowest BCUT2D eigenvalue weighted by Crippen LogP contribution is -2.50. The number of likely N-dealkylation sites (N-methyl/N-ethyl adjacent to an activating group) is 1. The number of nitrogens with one attached hydrogen (secondary N) is 1. The zero-order valence-electron chi connectivity index (χ0n) is 13.8. The molecule has 0 spiro atoms. The second kappa shape index (κ2) is 7.07. The van der Waals surface area contributed by atoms with Gasteiger partial charge in [0.05, 0.1) is 0 Å². The van der Waals surface area contributed by atoms with Crippen molar-refractivity contribution in [1.29, 1.82) is 0 Å². The van der Waals surface area contributed by atoms with E-state index in [1.807, 2.05) is 6.92 Å². The smallest absolute Gasteiger partial charge is 0.323 e. The van der Waals surface area contributed by atoms with Gasteiger partial charge in [-0.3, -0.25) is 10.1 Å². The monoisotopic (exact) mass is 297 g/mol. The number of likely N-dealkylation sites (tertiary alicyclic amines) is 1. The van der Waals surface area contributed by atoms with Crippen LogP contribution < -0.4 is 5.32 Å². The molecule has 0 bridgehead atoms. The third-order valence-corrected chi connectivity index (χ3v) is 4.95. The molecule has 1 aliphatic heterocycles. The maximum Gasteiger partial charge on any atom is 0.323 e. The summed E-state index contributed by atoms with van der Waals surface area (Å²) in [7, 11) is 4.30. The molecule has 1 saturated carbocycles. The maximum absolute atomic E-state index is 11.5. The normalized spacial score (nSPS) is 26.2. The molecule has 1 heterocycles. The van der Waals surface area contributed by atoms with E-state index in [2.05, 4.69) is 29.2 Å². The van der Waals surface area contributed by atoms with Crippen molar-refractivity contribution in [3.8, 4) is 0 Å². The molecule has 0 aromatic heterocycles. The minimum Gasteiger partial charge on any atom is -0.480 e. The standard InChI is InChI=1S/C16H31N3O2/c1-16(15(20)21,17-13-6-7-13)9-4-5-10-19-11-8-14(12-19)18(2)3/h13-14,17H,4-12H2,1-3H3,(H,20,21). The number of aliphatic carboxylic acids is 1. The predicted octanol–water partition coefficient (Wildman–Crippen LogP) is 1.39. The highest BCUT2D eigenvalue weighted by Crippen LogP contribution is 2.25. The van der Waals surface area contributed by atoms with Gasteiger partial charge in [-0.05, 0) is 72.6 Å². The highest BCUT2D eigenvalue weighted by Gasteiger charge is 2.37. The molecule has 0 aromatic rings. The lowest BCUT2D eigenvalue weighted by molar-refractivity contribution is -0.144. The largest absolute Gasteiger partial charge is 0.480 e. The Kier molecular flexibility index (Phi) is 5.63. The highest BCUT2D eigenvalue weighted by atomic mass is 16.4. The summed E-state index contributed by atoms with van der Waals surface area (Å²) in [5.74, 6) is -0.705. The van der Waals surface area contributed by atoms with Gasteiger partial charge >= 0.3 is 5.97 Å². The Bertz CT molecular complexity index is 357. The summed E-state index contributed by atoms with van der Waals surface area (Å²) in [4.78, 5) is 16.3. The summed E-state index contributed by atoms with van der Waals surface area (Å²) in [5.41, 5.74) is -0.738. The fourth-order valence-electron chi connectivity index (χ4n) is 3.17. The first-order valence-electron chi connectivity index (χ1n) is 8.30. The molecular formula is C16H31N3O2. The van der Waals surface area contributed by atoms with Gasteiger partial charge in [-0.2, -0.15) is 0 Å². The second-order valence-corrected chi connectivity index (χ2v) is 7.22. The van der Waals surface area contributed by atoms with Crippen LogP contribution in [0.4, 0.5) is 0 Å². The van der Waals surface area contributed by atoms with Crippen LogP contribution in [-0.4, -0.2) is 72.2 Å². The fraction of sp³-hybridized carbons (Fsp3) is 0.938. The van der Waals surface area contributed by atoms with Crippen LogP contribution >= 0.6 is 0 Å². The Labute approximate surface area is 128 Å². The van der Waals surface area contributed by atoms with Crippen LogP contribution in [-0.2, 0) is 4.79 Å². The Morgan fingerprint density at radius 3 is 2.57 bits per heavy atom. The minimum atomic E-state index is -0.738. The molecule has 0 aromatic carbocycles. The summed E-state index contributed by atoms with van der Waals surface area (Å²) in [5, 5.41) is 12.7. The van der Waals surface area contributed by atoms with E-state index in [0.717, 1.165) is 45.2 Å².